The Morgan fingerprint density at radius 3 is 2.62 bits per heavy atom. The van der Waals surface area contributed by atoms with E-state index in [0.29, 0.717) is 5.41 Å². The van der Waals surface area contributed by atoms with E-state index >= 15 is 0 Å². The largest absolute Gasteiger partial charge is 0.337 e. The fourth-order valence-corrected chi connectivity index (χ4v) is 1.30. The molecule has 0 fully saturated rings. The van der Waals surface area contributed by atoms with E-state index in [0.717, 1.165) is 0 Å². The summed E-state index contributed by atoms with van der Waals surface area (Å²) in [7, 11) is 0. The van der Waals surface area contributed by atoms with Gasteiger partial charge in [-0.15, -0.1) is 0 Å². The highest BCUT2D eigenvalue weighted by molar-refractivity contribution is 7.97. The lowest BCUT2D eigenvalue weighted by Crippen LogP contribution is -2.18. The van der Waals surface area contributed by atoms with Gasteiger partial charge in [0.1, 0.15) is 0 Å². The van der Waals surface area contributed by atoms with E-state index in [-0.39, 0.29) is 0 Å². The minimum atomic E-state index is 0.399. The molecule has 46 valence electrons. The fraction of sp³-hybridized carbons (Fsp3) is 0.667. The maximum Gasteiger partial charge on any atom is 0.0218 e. The Hall–Kier alpha value is -0.110. The van der Waals surface area contributed by atoms with Crippen LogP contribution in [-0.2, 0) is 0 Å². The van der Waals surface area contributed by atoms with Gasteiger partial charge in [0.2, 0.25) is 0 Å². The number of rotatable bonds is 0. The highest BCUT2D eigenvalue weighted by atomic mass is 32.2. The molecule has 1 N–H and O–H groups in total. The Morgan fingerprint density at radius 2 is 2.38 bits per heavy atom. The Balaban J connectivity index is 2.56. The average molecular weight is 129 g/mol. The van der Waals surface area contributed by atoms with Crippen molar-refractivity contribution in [3.05, 3.63) is 12.3 Å². The zero-order valence-corrected chi connectivity index (χ0v) is 6.09. The van der Waals surface area contributed by atoms with Crippen LogP contribution in [-0.4, -0.2) is 5.75 Å². The topological polar surface area (TPSA) is 12.0 Å². The highest BCUT2D eigenvalue weighted by Gasteiger charge is 2.15. The van der Waals surface area contributed by atoms with E-state index in [9.17, 15) is 0 Å². The molecule has 0 aromatic rings. The van der Waals surface area contributed by atoms with Crippen LogP contribution in [0.25, 0.3) is 0 Å². The van der Waals surface area contributed by atoms with E-state index in [1.807, 2.05) is 6.20 Å². The maximum absolute atomic E-state index is 3.08. The minimum Gasteiger partial charge on any atom is -0.337 e. The molecule has 0 bridgehead atoms. The van der Waals surface area contributed by atoms with Crippen LogP contribution in [0.15, 0.2) is 12.3 Å². The number of hydrogen-bond acceptors (Lipinski definition) is 2. The van der Waals surface area contributed by atoms with E-state index in [1.54, 1.807) is 11.9 Å². The zero-order valence-electron chi connectivity index (χ0n) is 5.27. The van der Waals surface area contributed by atoms with Crippen LogP contribution in [0.5, 0.6) is 0 Å². The van der Waals surface area contributed by atoms with Gasteiger partial charge in [0, 0.05) is 12.0 Å². The van der Waals surface area contributed by atoms with Gasteiger partial charge in [0.05, 0.1) is 0 Å². The quantitative estimate of drug-likeness (QED) is 0.500. The maximum atomic E-state index is 3.08. The lowest BCUT2D eigenvalue weighted by atomic mass is 9.97. The predicted octanol–water partition coefficient (Wildman–Crippen LogP) is 1.78. The summed E-state index contributed by atoms with van der Waals surface area (Å²) >= 11 is 1.77. The first-order chi connectivity index (χ1) is 3.71. The third kappa shape index (κ3) is 1.44. The fourth-order valence-electron chi connectivity index (χ4n) is 0.584. The summed E-state index contributed by atoms with van der Waals surface area (Å²) in [6.45, 7) is 4.47. The van der Waals surface area contributed by atoms with E-state index < -0.39 is 0 Å². The van der Waals surface area contributed by atoms with Crippen molar-refractivity contribution in [3.8, 4) is 0 Å². The van der Waals surface area contributed by atoms with Crippen molar-refractivity contribution in [2.45, 2.75) is 13.8 Å². The molecule has 0 atom stereocenters. The lowest BCUT2D eigenvalue weighted by Gasteiger charge is -2.22. The van der Waals surface area contributed by atoms with Crippen molar-refractivity contribution in [1.82, 2.24) is 4.72 Å². The first-order valence-electron chi connectivity index (χ1n) is 2.76. The molecule has 1 nitrogen and oxygen atoms in total. The van der Waals surface area contributed by atoms with Crippen LogP contribution in [0, 0.1) is 5.41 Å². The third-order valence-corrected chi connectivity index (χ3v) is 2.32. The average Bonchev–Trinajstić information content (AvgIpc) is 1.65. The second kappa shape index (κ2) is 2.02. The first kappa shape index (κ1) is 6.02. The van der Waals surface area contributed by atoms with E-state index in [4.69, 9.17) is 0 Å². The van der Waals surface area contributed by atoms with Crippen molar-refractivity contribution in [3.63, 3.8) is 0 Å². The molecule has 0 amide bonds. The van der Waals surface area contributed by atoms with Gasteiger partial charge in [-0.2, -0.15) is 0 Å². The molecule has 2 heteroatoms. The monoisotopic (exact) mass is 129 g/mol. The molecule has 1 heterocycles. The SMILES string of the molecule is CC1(C)C=CNSC1. The molecule has 1 aliphatic rings. The summed E-state index contributed by atoms with van der Waals surface area (Å²) in [4.78, 5) is 0. The van der Waals surface area contributed by atoms with Gasteiger partial charge in [0.15, 0.2) is 0 Å². The normalized spacial score (nSPS) is 24.8. The van der Waals surface area contributed by atoms with Crippen LogP contribution in [0.2, 0.25) is 0 Å². The predicted molar refractivity (Wildman–Crippen MR) is 38.5 cm³/mol. The van der Waals surface area contributed by atoms with E-state index in [1.165, 1.54) is 5.75 Å². The van der Waals surface area contributed by atoms with Crippen LogP contribution in [0.1, 0.15) is 13.8 Å². The summed E-state index contributed by atoms with van der Waals surface area (Å²) in [5, 5.41) is 0. The molecule has 0 aromatic heterocycles. The molecular weight excluding hydrogens is 118 g/mol. The van der Waals surface area contributed by atoms with Crippen molar-refractivity contribution in [1.29, 1.82) is 0 Å². The van der Waals surface area contributed by atoms with Gasteiger partial charge in [-0.05, 0) is 5.41 Å². The lowest BCUT2D eigenvalue weighted by molar-refractivity contribution is 0.549. The van der Waals surface area contributed by atoms with Crippen molar-refractivity contribution in [2.24, 2.45) is 5.41 Å². The Bertz CT molecular complexity index is 107. The highest BCUT2D eigenvalue weighted by Crippen LogP contribution is 2.24. The molecule has 0 aromatic carbocycles. The van der Waals surface area contributed by atoms with Gasteiger partial charge in [-0.3, -0.25) is 0 Å². The van der Waals surface area contributed by atoms with Crippen molar-refractivity contribution < 1.29 is 0 Å². The first-order valence-corrected chi connectivity index (χ1v) is 3.74. The summed E-state index contributed by atoms with van der Waals surface area (Å²) in [6, 6.07) is 0. The summed E-state index contributed by atoms with van der Waals surface area (Å²) in [5.74, 6) is 1.17. The van der Waals surface area contributed by atoms with Crippen LogP contribution in [0.3, 0.4) is 0 Å². The van der Waals surface area contributed by atoms with Gasteiger partial charge in [-0.1, -0.05) is 31.9 Å². The second-order valence-corrected chi connectivity index (χ2v) is 3.54. The van der Waals surface area contributed by atoms with Crippen LogP contribution in [0.4, 0.5) is 0 Å². The molecule has 1 aliphatic heterocycles. The van der Waals surface area contributed by atoms with Crippen molar-refractivity contribution in [2.75, 3.05) is 5.75 Å². The second-order valence-electron chi connectivity index (χ2n) is 2.73. The Kier molecular flexibility index (Phi) is 1.52. The van der Waals surface area contributed by atoms with Gasteiger partial charge in [-0.25, -0.2) is 0 Å². The Labute approximate surface area is 54.7 Å². The number of hydrogen-bond donors (Lipinski definition) is 1. The standard InChI is InChI=1S/C6H11NS/c1-6(2)3-4-7-8-5-6/h3-4,7H,5H2,1-2H3. The molecule has 0 saturated heterocycles. The molecule has 0 unspecified atom stereocenters. The smallest absolute Gasteiger partial charge is 0.0218 e. The van der Waals surface area contributed by atoms with Crippen molar-refractivity contribution >= 4 is 11.9 Å². The number of nitrogens with one attached hydrogen (secondary N) is 1. The van der Waals surface area contributed by atoms with Gasteiger partial charge >= 0.3 is 0 Å². The molecule has 0 aliphatic carbocycles. The molecule has 0 spiro atoms. The van der Waals surface area contributed by atoms with Gasteiger partial charge < -0.3 is 4.72 Å². The minimum absolute atomic E-state index is 0.399. The summed E-state index contributed by atoms with van der Waals surface area (Å²) in [5.41, 5.74) is 0.399. The third-order valence-electron chi connectivity index (χ3n) is 1.13. The molecule has 0 radical (unpaired) electrons. The Morgan fingerprint density at radius 1 is 1.62 bits per heavy atom. The molecule has 0 saturated carbocycles. The van der Waals surface area contributed by atoms with Crippen LogP contribution < -0.4 is 4.72 Å². The summed E-state index contributed by atoms with van der Waals surface area (Å²) in [6.07, 6.45) is 4.21. The van der Waals surface area contributed by atoms with Crippen LogP contribution >= 0.6 is 11.9 Å². The molecule has 8 heavy (non-hydrogen) atoms. The van der Waals surface area contributed by atoms with E-state index in [2.05, 4.69) is 24.6 Å². The zero-order chi connectivity index (χ0) is 6.04. The molecular formula is C6H11NS. The number of allylic oxidation sites excluding steroid dienone is 1. The summed E-state index contributed by atoms with van der Waals surface area (Å²) < 4.78 is 3.08. The van der Waals surface area contributed by atoms with Gasteiger partial charge in [0.25, 0.3) is 0 Å². The molecule has 1 rings (SSSR count).